The molecular formula is C11H17N3O2. The molecule has 1 aliphatic heterocycles. The third-order valence-electron chi connectivity index (χ3n) is 2.78. The van der Waals surface area contributed by atoms with E-state index in [1.54, 1.807) is 24.2 Å². The molecule has 1 fully saturated rings. The van der Waals surface area contributed by atoms with Gasteiger partial charge in [-0.15, -0.1) is 0 Å². The first-order valence-electron chi connectivity index (χ1n) is 5.48. The van der Waals surface area contributed by atoms with Crippen LogP contribution in [-0.4, -0.2) is 42.1 Å². The summed E-state index contributed by atoms with van der Waals surface area (Å²) >= 11 is 0. The van der Waals surface area contributed by atoms with Crippen molar-refractivity contribution in [2.24, 2.45) is 0 Å². The number of nitrogens with one attached hydrogen (secondary N) is 1. The lowest BCUT2D eigenvalue weighted by Crippen LogP contribution is -2.34. The number of H-pyrrole nitrogens is 1. The zero-order valence-electron chi connectivity index (χ0n) is 9.40. The average molecular weight is 223 g/mol. The summed E-state index contributed by atoms with van der Waals surface area (Å²) in [5.74, 6) is -0.0489. The number of hydrogen-bond donors (Lipinski definition) is 2. The van der Waals surface area contributed by atoms with Crippen molar-refractivity contribution in [3.63, 3.8) is 0 Å². The van der Waals surface area contributed by atoms with Crippen molar-refractivity contribution < 1.29 is 9.53 Å². The number of aromatic nitrogens is 1. The van der Waals surface area contributed by atoms with E-state index < -0.39 is 0 Å². The molecule has 88 valence electrons. The Kier molecular flexibility index (Phi) is 3.14. The van der Waals surface area contributed by atoms with Crippen LogP contribution in [0.15, 0.2) is 12.3 Å². The number of carbonyl (C=O) groups excluding carboxylic acids is 1. The molecule has 1 atom stereocenters. The molecule has 16 heavy (non-hydrogen) atoms. The van der Waals surface area contributed by atoms with Gasteiger partial charge in [-0.3, -0.25) is 4.79 Å². The molecule has 0 spiro atoms. The van der Waals surface area contributed by atoms with Crippen LogP contribution in [0.2, 0.25) is 0 Å². The quantitative estimate of drug-likeness (QED) is 0.798. The van der Waals surface area contributed by atoms with E-state index in [1.165, 1.54) is 0 Å². The number of ether oxygens (including phenoxy) is 1. The smallest absolute Gasteiger partial charge is 0.270 e. The molecule has 0 saturated carbocycles. The third-order valence-corrected chi connectivity index (χ3v) is 2.78. The van der Waals surface area contributed by atoms with Crippen LogP contribution in [0.1, 0.15) is 23.3 Å². The fraction of sp³-hybridized carbons (Fsp3) is 0.545. The average Bonchev–Trinajstić information content (AvgIpc) is 2.88. The Hall–Kier alpha value is -1.49. The summed E-state index contributed by atoms with van der Waals surface area (Å²) in [6, 6.07) is 1.65. The SMILES string of the molecule is CN(CC1CCCO1)C(=O)c1cc(N)c[nH]1. The van der Waals surface area contributed by atoms with Crippen LogP contribution in [0.5, 0.6) is 0 Å². The molecule has 1 saturated heterocycles. The first-order valence-corrected chi connectivity index (χ1v) is 5.48. The molecule has 1 amide bonds. The highest BCUT2D eigenvalue weighted by Gasteiger charge is 2.21. The van der Waals surface area contributed by atoms with Crippen LogP contribution in [0.25, 0.3) is 0 Å². The van der Waals surface area contributed by atoms with Gasteiger partial charge in [0.05, 0.1) is 6.10 Å². The zero-order chi connectivity index (χ0) is 11.5. The third kappa shape index (κ3) is 2.36. The molecule has 0 aliphatic carbocycles. The number of anilines is 1. The number of likely N-dealkylation sites (N-methyl/N-ethyl adjacent to an activating group) is 1. The molecule has 0 radical (unpaired) electrons. The summed E-state index contributed by atoms with van der Waals surface area (Å²) in [4.78, 5) is 16.5. The van der Waals surface area contributed by atoms with Crippen LogP contribution >= 0.6 is 0 Å². The fourth-order valence-corrected chi connectivity index (χ4v) is 1.92. The Labute approximate surface area is 94.6 Å². The van der Waals surface area contributed by atoms with Crippen molar-refractivity contribution in [2.75, 3.05) is 25.9 Å². The Morgan fingerprint density at radius 1 is 1.75 bits per heavy atom. The predicted octanol–water partition coefficient (Wildman–Crippen LogP) is 0.848. The highest BCUT2D eigenvalue weighted by Crippen LogP contribution is 2.14. The highest BCUT2D eigenvalue weighted by atomic mass is 16.5. The van der Waals surface area contributed by atoms with Gasteiger partial charge in [0.1, 0.15) is 5.69 Å². The van der Waals surface area contributed by atoms with Crippen molar-refractivity contribution in [2.45, 2.75) is 18.9 Å². The molecule has 5 heteroatoms. The Morgan fingerprint density at radius 2 is 2.56 bits per heavy atom. The molecule has 2 heterocycles. The van der Waals surface area contributed by atoms with Gasteiger partial charge in [-0.2, -0.15) is 0 Å². The van der Waals surface area contributed by atoms with Crippen LogP contribution in [0, 0.1) is 0 Å². The van der Waals surface area contributed by atoms with Crippen LogP contribution in [0.3, 0.4) is 0 Å². The van der Waals surface area contributed by atoms with E-state index in [0.717, 1.165) is 19.4 Å². The van der Waals surface area contributed by atoms with Crippen LogP contribution in [-0.2, 0) is 4.74 Å². The van der Waals surface area contributed by atoms with Gasteiger partial charge in [-0.1, -0.05) is 0 Å². The normalized spacial score (nSPS) is 19.9. The van der Waals surface area contributed by atoms with E-state index in [4.69, 9.17) is 10.5 Å². The van der Waals surface area contributed by atoms with Crippen molar-refractivity contribution in [3.8, 4) is 0 Å². The summed E-state index contributed by atoms with van der Waals surface area (Å²) < 4.78 is 5.49. The summed E-state index contributed by atoms with van der Waals surface area (Å²) in [5, 5.41) is 0. The lowest BCUT2D eigenvalue weighted by molar-refractivity contribution is 0.0583. The van der Waals surface area contributed by atoms with Crippen LogP contribution in [0.4, 0.5) is 5.69 Å². The fourth-order valence-electron chi connectivity index (χ4n) is 1.92. The molecule has 1 aromatic heterocycles. The van der Waals surface area contributed by atoms with Crippen molar-refractivity contribution >= 4 is 11.6 Å². The van der Waals surface area contributed by atoms with Crippen molar-refractivity contribution in [3.05, 3.63) is 18.0 Å². The van der Waals surface area contributed by atoms with Crippen LogP contribution < -0.4 is 5.73 Å². The number of rotatable bonds is 3. The number of hydrogen-bond acceptors (Lipinski definition) is 3. The minimum absolute atomic E-state index is 0.0489. The molecule has 2 rings (SSSR count). The Morgan fingerprint density at radius 3 is 3.12 bits per heavy atom. The number of amides is 1. The second kappa shape index (κ2) is 4.57. The second-order valence-electron chi connectivity index (χ2n) is 4.17. The lowest BCUT2D eigenvalue weighted by Gasteiger charge is -2.20. The predicted molar refractivity (Wildman–Crippen MR) is 61.1 cm³/mol. The minimum Gasteiger partial charge on any atom is -0.397 e. The molecule has 0 aromatic carbocycles. The maximum Gasteiger partial charge on any atom is 0.270 e. The lowest BCUT2D eigenvalue weighted by atomic mass is 10.2. The second-order valence-corrected chi connectivity index (χ2v) is 4.17. The summed E-state index contributed by atoms with van der Waals surface area (Å²) in [5.41, 5.74) is 6.66. The minimum atomic E-state index is -0.0489. The van der Waals surface area contributed by atoms with Gasteiger partial charge >= 0.3 is 0 Å². The van der Waals surface area contributed by atoms with E-state index in [-0.39, 0.29) is 12.0 Å². The van der Waals surface area contributed by atoms with Crippen molar-refractivity contribution in [1.82, 2.24) is 9.88 Å². The number of aromatic amines is 1. The van der Waals surface area contributed by atoms with Gasteiger partial charge in [0.2, 0.25) is 0 Å². The standard InChI is InChI=1S/C11H17N3O2/c1-14(7-9-3-2-4-16-9)11(15)10-5-8(12)6-13-10/h5-6,9,13H,2-4,7,12H2,1H3. The molecule has 0 bridgehead atoms. The Bertz CT molecular complexity index is 369. The number of nitrogens with zero attached hydrogens (tertiary/aromatic N) is 1. The molecule has 1 unspecified atom stereocenters. The number of nitrogens with two attached hydrogens (primary N) is 1. The molecule has 1 aromatic rings. The van der Waals surface area contributed by atoms with E-state index in [0.29, 0.717) is 17.9 Å². The van der Waals surface area contributed by atoms with Gasteiger partial charge in [-0.05, 0) is 18.9 Å². The first-order chi connectivity index (χ1) is 7.66. The molecule has 3 N–H and O–H groups in total. The van der Waals surface area contributed by atoms with E-state index >= 15 is 0 Å². The van der Waals surface area contributed by atoms with Gasteiger partial charge in [0.15, 0.2) is 0 Å². The van der Waals surface area contributed by atoms with Gasteiger partial charge < -0.3 is 20.4 Å². The molecule has 1 aliphatic rings. The van der Waals surface area contributed by atoms with Gasteiger partial charge in [0.25, 0.3) is 5.91 Å². The van der Waals surface area contributed by atoms with E-state index in [1.807, 2.05) is 0 Å². The van der Waals surface area contributed by atoms with E-state index in [2.05, 4.69) is 4.98 Å². The number of nitrogen functional groups attached to an aromatic ring is 1. The van der Waals surface area contributed by atoms with Gasteiger partial charge in [0, 0.05) is 32.1 Å². The summed E-state index contributed by atoms with van der Waals surface area (Å²) in [7, 11) is 1.78. The first kappa shape index (κ1) is 11.0. The maximum atomic E-state index is 11.9. The Balaban J connectivity index is 1.93. The number of carbonyl (C=O) groups is 1. The monoisotopic (exact) mass is 223 g/mol. The zero-order valence-corrected chi connectivity index (χ0v) is 9.40. The largest absolute Gasteiger partial charge is 0.397 e. The topological polar surface area (TPSA) is 71.3 Å². The van der Waals surface area contributed by atoms with E-state index in [9.17, 15) is 4.79 Å². The summed E-state index contributed by atoms with van der Waals surface area (Å²) in [6.07, 6.45) is 3.92. The van der Waals surface area contributed by atoms with Gasteiger partial charge in [-0.25, -0.2) is 0 Å². The van der Waals surface area contributed by atoms with Crippen molar-refractivity contribution in [1.29, 1.82) is 0 Å². The maximum absolute atomic E-state index is 11.9. The molecular weight excluding hydrogens is 206 g/mol. The molecule has 5 nitrogen and oxygen atoms in total. The highest BCUT2D eigenvalue weighted by molar-refractivity contribution is 5.93. The summed E-state index contributed by atoms with van der Waals surface area (Å²) in [6.45, 7) is 1.44.